The van der Waals surface area contributed by atoms with Crippen LogP contribution in [0, 0.1) is 0 Å². The number of aromatic nitrogens is 2. The van der Waals surface area contributed by atoms with Crippen LogP contribution in [0.25, 0.3) is 10.1 Å². The van der Waals surface area contributed by atoms with Gasteiger partial charge in [-0.2, -0.15) is 4.98 Å². The average Bonchev–Trinajstić information content (AvgIpc) is 3.11. The third kappa shape index (κ3) is 2.93. The topological polar surface area (TPSA) is 88.2 Å². The summed E-state index contributed by atoms with van der Waals surface area (Å²) in [6, 6.07) is 7.73. The van der Waals surface area contributed by atoms with Crippen molar-refractivity contribution < 1.29 is 14.4 Å². The number of fused-ring (bicyclic) bond motifs is 1. The van der Waals surface area contributed by atoms with Crippen molar-refractivity contribution in [3.8, 4) is 0 Å². The van der Waals surface area contributed by atoms with Gasteiger partial charge in [0.05, 0.1) is 0 Å². The van der Waals surface area contributed by atoms with Gasteiger partial charge < -0.3 is 14.9 Å². The van der Waals surface area contributed by atoms with Crippen LogP contribution in [0.3, 0.4) is 0 Å². The van der Waals surface area contributed by atoms with E-state index in [1.807, 2.05) is 24.3 Å². The molecule has 6 nitrogen and oxygen atoms in total. The molecule has 0 unspecified atom stereocenters. The minimum absolute atomic E-state index is 0.392. The van der Waals surface area contributed by atoms with Gasteiger partial charge in [-0.15, -0.1) is 11.3 Å². The second-order valence-electron chi connectivity index (χ2n) is 4.49. The zero-order chi connectivity index (χ0) is 14.7. The quantitative estimate of drug-likeness (QED) is 0.679. The predicted molar refractivity (Wildman–Crippen MR) is 78.5 cm³/mol. The maximum atomic E-state index is 11.4. The summed E-state index contributed by atoms with van der Waals surface area (Å²) in [5.74, 6) is -0.248. The fraction of sp³-hybridized carbons (Fsp3) is 0.214. The SMILES string of the molecule is O=C(O)c1sc2ccccc2c1CNCCc1ncon1. The van der Waals surface area contributed by atoms with Gasteiger partial charge in [0.25, 0.3) is 0 Å². The van der Waals surface area contributed by atoms with E-state index in [9.17, 15) is 9.90 Å². The molecule has 0 spiro atoms. The number of thiophene rings is 1. The number of hydrogen-bond acceptors (Lipinski definition) is 6. The van der Waals surface area contributed by atoms with Crippen molar-refractivity contribution in [3.05, 3.63) is 46.9 Å². The van der Waals surface area contributed by atoms with E-state index in [2.05, 4.69) is 20.0 Å². The van der Waals surface area contributed by atoms with Gasteiger partial charge in [0.1, 0.15) is 4.88 Å². The zero-order valence-corrected chi connectivity index (χ0v) is 11.9. The summed E-state index contributed by atoms with van der Waals surface area (Å²) in [5, 5.41) is 17.3. The van der Waals surface area contributed by atoms with Crippen LogP contribution in [-0.2, 0) is 13.0 Å². The summed E-state index contributed by atoms with van der Waals surface area (Å²) in [6.45, 7) is 1.16. The van der Waals surface area contributed by atoms with Gasteiger partial charge in [0.15, 0.2) is 5.82 Å². The molecule has 0 bridgehead atoms. The Hall–Kier alpha value is -2.25. The predicted octanol–water partition coefficient (Wildman–Crippen LogP) is 2.31. The van der Waals surface area contributed by atoms with E-state index in [4.69, 9.17) is 0 Å². The highest BCUT2D eigenvalue weighted by atomic mass is 32.1. The second-order valence-corrected chi connectivity index (χ2v) is 5.54. The first-order valence-corrected chi connectivity index (χ1v) is 7.27. The number of carbonyl (C=O) groups is 1. The average molecular weight is 303 g/mol. The second kappa shape index (κ2) is 6.02. The Labute approximate surface area is 124 Å². The molecule has 21 heavy (non-hydrogen) atoms. The monoisotopic (exact) mass is 303 g/mol. The molecule has 7 heteroatoms. The smallest absolute Gasteiger partial charge is 0.346 e. The van der Waals surface area contributed by atoms with Gasteiger partial charge in [-0.1, -0.05) is 23.4 Å². The molecule has 108 valence electrons. The summed E-state index contributed by atoms with van der Waals surface area (Å²) >= 11 is 1.31. The van der Waals surface area contributed by atoms with Gasteiger partial charge in [0, 0.05) is 24.2 Å². The van der Waals surface area contributed by atoms with Crippen molar-refractivity contribution >= 4 is 27.4 Å². The first kappa shape index (κ1) is 13.7. The molecule has 1 aromatic carbocycles. The van der Waals surface area contributed by atoms with Crippen LogP contribution in [0.2, 0.25) is 0 Å². The fourth-order valence-electron chi connectivity index (χ4n) is 2.16. The Balaban J connectivity index is 1.73. The minimum Gasteiger partial charge on any atom is -0.477 e. The number of rotatable bonds is 6. The molecule has 2 N–H and O–H groups in total. The third-order valence-corrected chi connectivity index (χ3v) is 4.33. The van der Waals surface area contributed by atoms with Crippen LogP contribution in [0.5, 0.6) is 0 Å². The normalized spacial score (nSPS) is 11.0. The van der Waals surface area contributed by atoms with Crippen molar-refractivity contribution in [1.29, 1.82) is 0 Å². The van der Waals surface area contributed by atoms with Crippen molar-refractivity contribution in [3.63, 3.8) is 0 Å². The number of aromatic carboxylic acids is 1. The van der Waals surface area contributed by atoms with E-state index in [1.165, 1.54) is 17.7 Å². The molecule has 0 aliphatic carbocycles. The lowest BCUT2D eigenvalue weighted by molar-refractivity contribution is 0.0701. The lowest BCUT2D eigenvalue weighted by Gasteiger charge is -2.04. The standard InChI is InChI=1S/C14H13N3O3S/c18-14(19)13-10(9-3-1-2-4-11(9)21-13)7-15-6-5-12-16-8-20-17-12/h1-4,8,15H,5-7H2,(H,18,19). The lowest BCUT2D eigenvalue weighted by Crippen LogP contribution is -2.18. The Morgan fingerprint density at radius 3 is 3.00 bits per heavy atom. The van der Waals surface area contributed by atoms with Crippen molar-refractivity contribution in [2.75, 3.05) is 6.54 Å². The van der Waals surface area contributed by atoms with E-state index < -0.39 is 5.97 Å². The highest BCUT2D eigenvalue weighted by Crippen LogP contribution is 2.31. The molecule has 0 radical (unpaired) electrons. The third-order valence-electron chi connectivity index (χ3n) is 3.13. The molecular formula is C14H13N3O3S. The molecule has 2 heterocycles. The van der Waals surface area contributed by atoms with Gasteiger partial charge in [-0.3, -0.25) is 0 Å². The van der Waals surface area contributed by atoms with Gasteiger partial charge >= 0.3 is 5.97 Å². The van der Waals surface area contributed by atoms with E-state index in [1.54, 1.807) is 0 Å². The van der Waals surface area contributed by atoms with E-state index in [0.29, 0.717) is 30.2 Å². The first-order valence-electron chi connectivity index (χ1n) is 6.45. The molecular weight excluding hydrogens is 290 g/mol. The first-order chi connectivity index (χ1) is 10.3. The molecule has 0 saturated carbocycles. The largest absolute Gasteiger partial charge is 0.477 e. The highest BCUT2D eigenvalue weighted by molar-refractivity contribution is 7.21. The maximum Gasteiger partial charge on any atom is 0.346 e. The number of carboxylic acids is 1. The number of hydrogen-bond donors (Lipinski definition) is 2. The van der Waals surface area contributed by atoms with Gasteiger partial charge in [0.2, 0.25) is 6.39 Å². The van der Waals surface area contributed by atoms with E-state index in [-0.39, 0.29) is 0 Å². The van der Waals surface area contributed by atoms with Crippen molar-refractivity contribution in [2.45, 2.75) is 13.0 Å². The molecule has 0 amide bonds. The summed E-state index contributed by atoms with van der Waals surface area (Å²) in [6.07, 6.45) is 1.94. The Morgan fingerprint density at radius 1 is 1.38 bits per heavy atom. The van der Waals surface area contributed by atoms with E-state index >= 15 is 0 Å². The van der Waals surface area contributed by atoms with E-state index in [0.717, 1.165) is 15.6 Å². The molecule has 3 aromatic rings. The lowest BCUT2D eigenvalue weighted by atomic mass is 10.1. The van der Waals surface area contributed by atoms with Gasteiger partial charge in [-0.05, 0) is 17.0 Å². The molecule has 3 rings (SSSR count). The fourth-order valence-corrected chi connectivity index (χ4v) is 3.22. The van der Waals surface area contributed by atoms with Crippen LogP contribution in [0.15, 0.2) is 35.2 Å². The number of nitrogens with one attached hydrogen (secondary N) is 1. The molecule has 0 saturated heterocycles. The maximum absolute atomic E-state index is 11.4. The molecule has 2 aromatic heterocycles. The van der Waals surface area contributed by atoms with Crippen LogP contribution >= 0.6 is 11.3 Å². The summed E-state index contributed by atoms with van der Waals surface area (Å²) in [4.78, 5) is 15.7. The highest BCUT2D eigenvalue weighted by Gasteiger charge is 2.16. The van der Waals surface area contributed by atoms with Crippen LogP contribution in [-0.4, -0.2) is 27.8 Å². The molecule has 0 aliphatic heterocycles. The Bertz CT molecular complexity index is 752. The summed E-state index contributed by atoms with van der Waals surface area (Å²) in [7, 11) is 0. The Morgan fingerprint density at radius 2 is 2.24 bits per heavy atom. The Kier molecular flexibility index (Phi) is 3.94. The molecule has 0 atom stereocenters. The number of benzene rings is 1. The minimum atomic E-state index is -0.883. The zero-order valence-electron chi connectivity index (χ0n) is 11.1. The summed E-state index contributed by atoms with van der Waals surface area (Å²) < 4.78 is 5.65. The van der Waals surface area contributed by atoms with Crippen LogP contribution in [0.4, 0.5) is 0 Å². The van der Waals surface area contributed by atoms with Crippen LogP contribution < -0.4 is 5.32 Å². The van der Waals surface area contributed by atoms with Crippen molar-refractivity contribution in [1.82, 2.24) is 15.5 Å². The summed E-state index contributed by atoms with van der Waals surface area (Å²) in [5.41, 5.74) is 0.830. The number of carboxylic acid groups (broad SMARTS) is 1. The molecule has 0 aliphatic rings. The number of nitrogens with zero attached hydrogens (tertiary/aromatic N) is 2. The molecule has 0 fully saturated rings. The van der Waals surface area contributed by atoms with Crippen molar-refractivity contribution in [2.24, 2.45) is 0 Å². The van der Waals surface area contributed by atoms with Gasteiger partial charge in [-0.25, -0.2) is 4.79 Å². The van der Waals surface area contributed by atoms with Crippen LogP contribution in [0.1, 0.15) is 21.1 Å².